The first-order chi connectivity index (χ1) is 12.7. The van der Waals surface area contributed by atoms with Gasteiger partial charge in [-0.1, -0.05) is 23.5 Å². The van der Waals surface area contributed by atoms with E-state index in [1.54, 1.807) is 33.1 Å². The number of amides is 1. The molecule has 0 aliphatic carbocycles. The van der Waals surface area contributed by atoms with Crippen LogP contribution in [0.3, 0.4) is 0 Å². The van der Waals surface area contributed by atoms with E-state index in [-0.39, 0.29) is 10.5 Å². The van der Waals surface area contributed by atoms with Crippen molar-refractivity contribution in [1.82, 2.24) is 4.98 Å². The van der Waals surface area contributed by atoms with Crippen LogP contribution in [0.2, 0.25) is 0 Å². The molecule has 0 aliphatic heterocycles. The van der Waals surface area contributed by atoms with Crippen molar-refractivity contribution in [2.45, 2.75) is 30.9 Å². The van der Waals surface area contributed by atoms with E-state index in [2.05, 4.69) is 10.3 Å². The quantitative estimate of drug-likeness (QED) is 0.693. The van der Waals surface area contributed by atoms with Gasteiger partial charge in [0.15, 0.2) is 15.0 Å². The van der Waals surface area contributed by atoms with Crippen molar-refractivity contribution in [3.63, 3.8) is 0 Å². The summed E-state index contributed by atoms with van der Waals surface area (Å²) in [5.41, 5.74) is 1.99. The normalized spacial score (nSPS) is 11.7. The minimum Gasteiger partial charge on any atom is -0.494 e. The molecular formula is C19H20N2O4S2. The number of aryl methyl sites for hydroxylation is 1. The Kier molecular flexibility index (Phi) is 5.21. The Labute approximate surface area is 162 Å². The molecule has 142 valence electrons. The summed E-state index contributed by atoms with van der Waals surface area (Å²) in [6.45, 7) is 5.18. The fourth-order valence-electron chi connectivity index (χ4n) is 2.58. The molecule has 27 heavy (non-hydrogen) atoms. The number of ether oxygens (including phenoxy) is 1. The average molecular weight is 405 g/mol. The number of thiazole rings is 1. The first-order valence-corrected chi connectivity index (χ1v) is 10.7. The van der Waals surface area contributed by atoms with Crippen LogP contribution in [0, 0.1) is 6.92 Å². The molecule has 0 unspecified atom stereocenters. The van der Waals surface area contributed by atoms with Crippen LogP contribution in [-0.2, 0) is 9.84 Å². The molecule has 0 saturated carbocycles. The first kappa shape index (κ1) is 19.3. The standard InChI is InChI=1S/C19H20N2O4S2/c1-11(2)27(23,24)14-7-5-6-13(10-14)18(22)21-19-20-16-15(25-4)9-8-12(3)17(16)26-19/h5-11H,1-4H3,(H,20,21,22). The minimum absolute atomic E-state index is 0.131. The minimum atomic E-state index is -3.45. The Morgan fingerprint density at radius 2 is 1.96 bits per heavy atom. The third-order valence-electron chi connectivity index (χ3n) is 4.19. The average Bonchev–Trinajstić information content (AvgIpc) is 3.06. The molecule has 0 bridgehead atoms. The maximum absolute atomic E-state index is 12.6. The number of carbonyl (C=O) groups excluding carboxylic acids is 1. The summed E-state index contributed by atoms with van der Waals surface area (Å²) >= 11 is 1.35. The Morgan fingerprint density at radius 3 is 2.63 bits per heavy atom. The molecule has 3 rings (SSSR count). The van der Waals surface area contributed by atoms with Gasteiger partial charge in [-0.15, -0.1) is 0 Å². The van der Waals surface area contributed by atoms with E-state index >= 15 is 0 Å². The van der Waals surface area contributed by atoms with Gasteiger partial charge in [-0.3, -0.25) is 10.1 Å². The van der Waals surface area contributed by atoms with Crippen molar-refractivity contribution in [3.05, 3.63) is 47.5 Å². The number of anilines is 1. The van der Waals surface area contributed by atoms with Gasteiger partial charge in [-0.05, 0) is 50.6 Å². The van der Waals surface area contributed by atoms with Crippen molar-refractivity contribution in [1.29, 1.82) is 0 Å². The molecule has 0 atom stereocenters. The fourth-order valence-corrected chi connectivity index (χ4v) is 4.63. The van der Waals surface area contributed by atoms with Gasteiger partial charge < -0.3 is 4.74 Å². The molecule has 1 N–H and O–H groups in total. The summed E-state index contributed by atoms with van der Waals surface area (Å²) in [6.07, 6.45) is 0. The van der Waals surface area contributed by atoms with Crippen molar-refractivity contribution < 1.29 is 17.9 Å². The van der Waals surface area contributed by atoms with Gasteiger partial charge in [-0.2, -0.15) is 0 Å². The van der Waals surface area contributed by atoms with Crippen LogP contribution >= 0.6 is 11.3 Å². The van der Waals surface area contributed by atoms with E-state index in [4.69, 9.17) is 4.74 Å². The molecule has 1 aromatic heterocycles. The van der Waals surface area contributed by atoms with E-state index in [1.165, 1.54) is 23.5 Å². The number of rotatable bonds is 5. The lowest BCUT2D eigenvalue weighted by Gasteiger charge is -2.09. The van der Waals surface area contributed by atoms with Gasteiger partial charge in [0.25, 0.3) is 5.91 Å². The SMILES string of the molecule is COc1ccc(C)c2sc(NC(=O)c3cccc(S(=O)(=O)C(C)C)c3)nc12. The lowest BCUT2D eigenvalue weighted by atomic mass is 10.2. The zero-order valence-corrected chi connectivity index (χ0v) is 17.1. The highest BCUT2D eigenvalue weighted by molar-refractivity contribution is 7.92. The third kappa shape index (κ3) is 3.68. The van der Waals surface area contributed by atoms with Gasteiger partial charge >= 0.3 is 0 Å². The van der Waals surface area contributed by atoms with Crippen molar-refractivity contribution >= 4 is 42.4 Å². The third-order valence-corrected chi connectivity index (χ3v) is 7.45. The number of nitrogens with zero attached hydrogens (tertiary/aromatic N) is 1. The highest BCUT2D eigenvalue weighted by atomic mass is 32.2. The van der Waals surface area contributed by atoms with Crippen LogP contribution in [-0.4, -0.2) is 31.7 Å². The predicted molar refractivity (Wildman–Crippen MR) is 108 cm³/mol. The van der Waals surface area contributed by atoms with Crippen LogP contribution in [0.1, 0.15) is 29.8 Å². The van der Waals surface area contributed by atoms with Crippen molar-refractivity contribution in [2.24, 2.45) is 0 Å². The smallest absolute Gasteiger partial charge is 0.257 e. The molecule has 1 heterocycles. The number of hydrogen-bond acceptors (Lipinski definition) is 6. The summed E-state index contributed by atoms with van der Waals surface area (Å²) in [4.78, 5) is 17.2. The second-order valence-electron chi connectivity index (χ2n) is 6.36. The number of sulfone groups is 1. The maximum Gasteiger partial charge on any atom is 0.257 e. The highest BCUT2D eigenvalue weighted by Gasteiger charge is 2.21. The maximum atomic E-state index is 12.6. The van der Waals surface area contributed by atoms with Crippen molar-refractivity contribution in [2.75, 3.05) is 12.4 Å². The monoisotopic (exact) mass is 404 g/mol. The molecule has 0 spiro atoms. The van der Waals surface area contributed by atoms with E-state index in [9.17, 15) is 13.2 Å². The number of benzene rings is 2. The largest absolute Gasteiger partial charge is 0.494 e. The zero-order chi connectivity index (χ0) is 19.8. The van der Waals surface area contributed by atoms with Crippen LogP contribution in [0.25, 0.3) is 10.2 Å². The first-order valence-electron chi connectivity index (χ1n) is 8.33. The van der Waals surface area contributed by atoms with E-state index < -0.39 is 21.0 Å². The summed E-state index contributed by atoms with van der Waals surface area (Å²) in [5.74, 6) is 0.226. The molecule has 0 aliphatic rings. The van der Waals surface area contributed by atoms with Crippen LogP contribution in [0.5, 0.6) is 5.75 Å². The Balaban J connectivity index is 1.93. The highest BCUT2D eigenvalue weighted by Crippen LogP contribution is 2.34. The summed E-state index contributed by atoms with van der Waals surface area (Å²) in [7, 11) is -1.88. The second kappa shape index (κ2) is 7.28. The fraction of sp³-hybridized carbons (Fsp3) is 0.263. The van der Waals surface area contributed by atoms with Crippen LogP contribution < -0.4 is 10.1 Å². The molecule has 8 heteroatoms. The molecule has 3 aromatic rings. The lowest BCUT2D eigenvalue weighted by Crippen LogP contribution is -2.16. The van der Waals surface area contributed by atoms with Gasteiger partial charge in [0.1, 0.15) is 11.3 Å². The van der Waals surface area contributed by atoms with Gasteiger partial charge in [0, 0.05) is 5.56 Å². The molecule has 0 fully saturated rings. The van der Waals surface area contributed by atoms with E-state index in [1.807, 2.05) is 19.1 Å². The molecule has 0 radical (unpaired) electrons. The number of methoxy groups -OCH3 is 1. The number of carbonyl (C=O) groups is 1. The topological polar surface area (TPSA) is 85.4 Å². The Hall–Kier alpha value is -2.45. The van der Waals surface area contributed by atoms with Crippen molar-refractivity contribution in [3.8, 4) is 5.75 Å². The summed E-state index contributed by atoms with van der Waals surface area (Å²) < 4.78 is 30.9. The van der Waals surface area contributed by atoms with E-state index in [0.717, 1.165) is 10.3 Å². The zero-order valence-electron chi connectivity index (χ0n) is 15.4. The van der Waals surface area contributed by atoms with Crippen LogP contribution in [0.4, 0.5) is 5.13 Å². The summed E-state index contributed by atoms with van der Waals surface area (Å²) in [6, 6.07) is 9.81. The lowest BCUT2D eigenvalue weighted by molar-refractivity contribution is 0.102. The predicted octanol–water partition coefficient (Wildman–Crippen LogP) is 4.05. The van der Waals surface area contributed by atoms with Gasteiger partial charge in [-0.25, -0.2) is 13.4 Å². The van der Waals surface area contributed by atoms with E-state index in [0.29, 0.717) is 16.4 Å². The molecule has 6 nitrogen and oxygen atoms in total. The Bertz CT molecular complexity index is 1120. The number of hydrogen-bond donors (Lipinski definition) is 1. The number of aromatic nitrogens is 1. The molecule has 1 amide bonds. The Morgan fingerprint density at radius 1 is 1.22 bits per heavy atom. The second-order valence-corrected chi connectivity index (χ2v) is 9.86. The number of nitrogens with one attached hydrogen (secondary N) is 1. The molecular weight excluding hydrogens is 384 g/mol. The summed E-state index contributed by atoms with van der Waals surface area (Å²) in [5, 5.41) is 2.62. The van der Waals surface area contributed by atoms with Crippen LogP contribution in [0.15, 0.2) is 41.3 Å². The number of fused-ring (bicyclic) bond motifs is 1. The molecule has 2 aromatic carbocycles. The van der Waals surface area contributed by atoms with Gasteiger partial charge in [0.05, 0.1) is 22.0 Å². The van der Waals surface area contributed by atoms with Gasteiger partial charge in [0.2, 0.25) is 0 Å². The molecule has 0 saturated heterocycles.